The summed E-state index contributed by atoms with van der Waals surface area (Å²) in [7, 11) is 0. The lowest BCUT2D eigenvalue weighted by molar-refractivity contribution is 1.11. The molecule has 0 N–H and O–H groups in total. The fourth-order valence-corrected chi connectivity index (χ4v) is 5.09. The van der Waals surface area contributed by atoms with Crippen molar-refractivity contribution in [2.24, 2.45) is 0 Å². The zero-order valence-electron chi connectivity index (χ0n) is 19.0. The van der Waals surface area contributed by atoms with Crippen molar-refractivity contribution in [2.45, 2.75) is 13.8 Å². The van der Waals surface area contributed by atoms with Gasteiger partial charge in [-0.3, -0.25) is 4.40 Å². The second-order valence-electron chi connectivity index (χ2n) is 9.04. The highest BCUT2D eigenvalue weighted by molar-refractivity contribution is 6.09. The van der Waals surface area contributed by atoms with Gasteiger partial charge in [0.25, 0.3) is 0 Å². The smallest absolute Gasteiger partial charge is 0.168 e. The molecule has 4 heteroatoms. The molecule has 4 aromatic carbocycles. The Morgan fingerprint density at radius 3 is 2.00 bits per heavy atom. The molecule has 0 aliphatic heterocycles. The largest absolute Gasteiger partial charge is 0.309 e. The van der Waals surface area contributed by atoms with Gasteiger partial charge >= 0.3 is 0 Å². The molecule has 4 nitrogen and oxygen atoms in total. The first-order valence-electron chi connectivity index (χ1n) is 11.5. The van der Waals surface area contributed by atoms with Gasteiger partial charge in [0.1, 0.15) is 0 Å². The van der Waals surface area contributed by atoms with Gasteiger partial charge in [-0.05, 0) is 72.8 Å². The van der Waals surface area contributed by atoms with Crippen molar-refractivity contribution >= 4 is 38.2 Å². The van der Waals surface area contributed by atoms with Crippen molar-refractivity contribution < 1.29 is 0 Å². The van der Waals surface area contributed by atoms with E-state index in [2.05, 4.69) is 118 Å². The van der Waals surface area contributed by atoms with Crippen LogP contribution in [0.4, 0.5) is 0 Å². The molecule has 0 aliphatic rings. The Morgan fingerprint density at radius 2 is 1.29 bits per heavy atom. The summed E-state index contributed by atoms with van der Waals surface area (Å²) in [5.74, 6) is 0.848. The maximum absolute atomic E-state index is 4.54. The molecular formula is C30H22N4. The molecule has 0 saturated carbocycles. The highest BCUT2D eigenvalue weighted by atomic mass is 15.2. The number of fused-ring (bicyclic) bond motifs is 6. The molecule has 3 heterocycles. The first-order valence-corrected chi connectivity index (χ1v) is 11.5. The lowest BCUT2D eigenvalue weighted by Crippen LogP contribution is -1.95. The molecule has 0 atom stereocenters. The summed E-state index contributed by atoms with van der Waals surface area (Å²) in [5, 5.41) is 13.9. The molecule has 0 amide bonds. The average Bonchev–Trinajstić information content (AvgIpc) is 3.43. The standard InChI is InChI=1S/C30H22N4/c1-19-7-13-25-26-14-8-20(2)18-28(26)34(27(25)17-19)23-11-9-22(10-12-23)29-31-32-30-24-6-4-3-5-21(24)15-16-33(29)30/h3-18H,1-2H3. The van der Waals surface area contributed by atoms with E-state index in [1.165, 1.54) is 38.3 Å². The van der Waals surface area contributed by atoms with Crippen molar-refractivity contribution in [3.63, 3.8) is 0 Å². The first kappa shape index (κ1) is 19.1. The predicted octanol–water partition coefficient (Wildman–Crippen LogP) is 7.26. The summed E-state index contributed by atoms with van der Waals surface area (Å²) >= 11 is 0. The van der Waals surface area contributed by atoms with Crippen molar-refractivity contribution in [3.8, 4) is 17.1 Å². The number of rotatable bonds is 2. The van der Waals surface area contributed by atoms with Crippen LogP contribution in [0.5, 0.6) is 0 Å². The van der Waals surface area contributed by atoms with Crippen LogP contribution in [0.25, 0.3) is 55.3 Å². The second-order valence-corrected chi connectivity index (χ2v) is 9.04. The Labute approximate surface area is 196 Å². The number of nitrogens with zero attached hydrogens (tertiary/aromatic N) is 4. The molecule has 0 bridgehead atoms. The highest BCUT2D eigenvalue weighted by Gasteiger charge is 2.14. The van der Waals surface area contributed by atoms with Gasteiger partial charge < -0.3 is 4.57 Å². The lowest BCUT2D eigenvalue weighted by atomic mass is 10.1. The van der Waals surface area contributed by atoms with Crippen molar-refractivity contribution in [3.05, 3.63) is 108 Å². The summed E-state index contributed by atoms with van der Waals surface area (Å²) in [6.45, 7) is 4.30. The van der Waals surface area contributed by atoms with Gasteiger partial charge in [0.2, 0.25) is 0 Å². The summed E-state index contributed by atoms with van der Waals surface area (Å²) in [6, 6.07) is 32.5. The van der Waals surface area contributed by atoms with Gasteiger partial charge in [0.15, 0.2) is 11.5 Å². The van der Waals surface area contributed by atoms with Crippen LogP contribution in [0.3, 0.4) is 0 Å². The Bertz CT molecular complexity index is 1810. The Kier molecular flexibility index (Phi) is 3.94. The molecule has 7 rings (SSSR count). The molecule has 162 valence electrons. The normalized spacial score (nSPS) is 11.8. The number of pyridine rings is 1. The van der Waals surface area contributed by atoms with E-state index in [9.17, 15) is 0 Å². The van der Waals surface area contributed by atoms with E-state index in [1.54, 1.807) is 0 Å². The molecule has 0 unspecified atom stereocenters. The second kappa shape index (κ2) is 7.03. The Balaban J connectivity index is 1.41. The van der Waals surface area contributed by atoms with Crippen molar-refractivity contribution in [2.75, 3.05) is 0 Å². The predicted molar refractivity (Wildman–Crippen MR) is 140 cm³/mol. The lowest BCUT2D eigenvalue weighted by Gasteiger charge is -2.10. The van der Waals surface area contributed by atoms with E-state index in [0.29, 0.717) is 0 Å². The fourth-order valence-electron chi connectivity index (χ4n) is 5.09. The molecule has 0 saturated heterocycles. The van der Waals surface area contributed by atoms with Gasteiger partial charge in [-0.2, -0.15) is 0 Å². The van der Waals surface area contributed by atoms with Gasteiger partial charge in [-0.25, -0.2) is 0 Å². The van der Waals surface area contributed by atoms with Gasteiger partial charge in [0.05, 0.1) is 11.0 Å². The minimum Gasteiger partial charge on any atom is -0.309 e. The van der Waals surface area contributed by atoms with Crippen LogP contribution in [0, 0.1) is 13.8 Å². The van der Waals surface area contributed by atoms with Crippen molar-refractivity contribution in [1.29, 1.82) is 0 Å². The molecule has 0 fully saturated rings. The number of hydrogen-bond donors (Lipinski definition) is 0. The minimum absolute atomic E-state index is 0.848. The summed E-state index contributed by atoms with van der Waals surface area (Å²) in [6.07, 6.45) is 2.05. The molecule has 34 heavy (non-hydrogen) atoms. The maximum atomic E-state index is 4.54. The van der Waals surface area contributed by atoms with Crippen LogP contribution in [0.2, 0.25) is 0 Å². The van der Waals surface area contributed by atoms with Gasteiger partial charge in [0, 0.05) is 33.6 Å². The van der Waals surface area contributed by atoms with E-state index >= 15 is 0 Å². The third-order valence-corrected chi connectivity index (χ3v) is 6.76. The summed E-state index contributed by atoms with van der Waals surface area (Å²) in [5.41, 5.74) is 8.03. The van der Waals surface area contributed by atoms with E-state index in [1.807, 2.05) is 12.1 Å². The molecule has 0 spiro atoms. The molecule has 0 radical (unpaired) electrons. The Hall–Kier alpha value is -4.44. The third-order valence-electron chi connectivity index (χ3n) is 6.76. The van der Waals surface area contributed by atoms with Crippen LogP contribution >= 0.6 is 0 Å². The number of benzene rings is 4. The Morgan fingerprint density at radius 1 is 0.618 bits per heavy atom. The maximum Gasteiger partial charge on any atom is 0.168 e. The number of aromatic nitrogens is 4. The number of aryl methyl sites for hydroxylation is 2. The van der Waals surface area contributed by atoms with Crippen LogP contribution in [0.1, 0.15) is 11.1 Å². The van der Waals surface area contributed by atoms with Gasteiger partial charge in [-0.1, -0.05) is 48.5 Å². The molecule has 7 aromatic rings. The highest BCUT2D eigenvalue weighted by Crippen LogP contribution is 2.34. The van der Waals surface area contributed by atoms with Gasteiger partial charge in [-0.15, -0.1) is 10.2 Å². The zero-order valence-corrected chi connectivity index (χ0v) is 19.0. The number of hydrogen-bond acceptors (Lipinski definition) is 2. The van der Waals surface area contributed by atoms with E-state index in [4.69, 9.17) is 0 Å². The molecule has 3 aromatic heterocycles. The topological polar surface area (TPSA) is 35.1 Å². The summed E-state index contributed by atoms with van der Waals surface area (Å²) < 4.78 is 4.44. The van der Waals surface area contributed by atoms with Crippen LogP contribution in [-0.2, 0) is 0 Å². The average molecular weight is 439 g/mol. The van der Waals surface area contributed by atoms with E-state index in [-0.39, 0.29) is 0 Å². The zero-order chi connectivity index (χ0) is 22.8. The molecular weight excluding hydrogens is 416 g/mol. The minimum atomic E-state index is 0.848. The third kappa shape index (κ3) is 2.72. The fraction of sp³-hybridized carbons (Fsp3) is 0.0667. The van der Waals surface area contributed by atoms with Crippen LogP contribution in [-0.4, -0.2) is 19.2 Å². The van der Waals surface area contributed by atoms with Crippen molar-refractivity contribution in [1.82, 2.24) is 19.2 Å². The van der Waals surface area contributed by atoms with Crippen LogP contribution < -0.4 is 0 Å². The van der Waals surface area contributed by atoms with E-state index in [0.717, 1.165) is 28.1 Å². The SMILES string of the molecule is Cc1ccc2c3ccc(C)cc3n(-c3ccc(-c4nnc5c6ccccc6ccn45)cc3)c2c1. The van der Waals surface area contributed by atoms with E-state index < -0.39 is 0 Å². The summed E-state index contributed by atoms with van der Waals surface area (Å²) in [4.78, 5) is 0. The first-order chi connectivity index (χ1) is 16.7. The van der Waals surface area contributed by atoms with Crippen LogP contribution in [0.15, 0.2) is 97.2 Å². The monoisotopic (exact) mass is 438 g/mol. The quantitative estimate of drug-likeness (QED) is 0.285. The molecule has 0 aliphatic carbocycles.